The molecule has 1 aliphatic rings. The molecular formula is C17H27IN4O2. The molecular weight excluding hydrogens is 419 g/mol. The number of nitrogens with zero attached hydrogens (tertiary/aromatic N) is 1. The number of ether oxygens (including phenoxy) is 1. The Hall–Kier alpha value is -1.35. The molecule has 1 aromatic carbocycles. The van der Waals surface area contributed by atoms with Crippen molar-refractivity contribution in [3.05, 3.63) is 35.4 Å². The van der Waals surface area contributed by atoms with E-state index in [1.165, 1.54) is 0 Å². The molecule has 0 aromatic heterocycles. The number of carbonyl (C=O) groups is 1. The fourth-order valence-corrected chi connectivity index (χ4v) is 2.62. The summed E-state index contributed by atoms with van der Waals surface area (Å²) in [5.41, 5.74) is 1.57. The first-order valence-corrected chi connectivity index (χ1v) is 7.96. The van der Waals surface area contributed by atoms with Crippen molar-refractivity contribution in [3.8, 4) is 0 Å². The summed E-state index contributed by atoms with van der Waals surface area (Å²) >= 11 is 0. The van der Waals surface area contributed by atoms with Gasteiger partial charge in [-0.2, -0.15) is 0 Å². The quantitative estimate of drug-likeness (QED) is 0.367. The van der Waals surface area contributed by atoms with Crippen LogP contribution in [-0.2, 0) is 11.3 Å². The summed E-state index contributed by atoms with van der Waals surface area (Å²) in [4.78, 5) is 15.9. The molecule has 2 rings (SSSR count). The average Bonchev–Trinajstić information content (AvgIpc) is 3.01. The van der Waals surface area contributed by atoms with E-state index in [0.29, 0.717) is 12.1 Å². The van der Waals surface area contributed by atoms with Crippen molar-refractivity contribution in [1.82, 2.24) is 16.0 Å². The number of hydrogen-bond acceptors (Lipinski definition) is 3. The third-order valence-corrected chi connectivity index (χ3v) is 4.03. The second kappa shape index (κ2) is 9.83. The molecule has 6 nitrogen and oxygen atoms in total. The summed E-state index contributed by atoms with van der Waals surface area (Å²) in [6.07, 6.45) is 2.17. The SMILES string of the molecule is CN=C(NCc1cccc(C(=O)NC)c1)NCC1(C)CCCO1.I. The topological polar surface area (TPSA) is 74.8 Å². The average molecular weight is 446 g/mol. The molecule has 134 valence electrons. The molecule has 1 saturated heterocycles. The minimum Gasteiger partial charge on any atom is -0.373 e. The Balaban J connectivity index is 0.00000288. The summed E-state index contributed by atoms with van der Waals surface area (Å²) < 4.78 is 5.76. The van der Waals surface area contributed by atoms with Crippen molar-refractivity contribution >= 4 is 35.8 Å². The van der Waals surface area contributed by atoms with E-state index in [9.17, 15) is 4.79 Å². The van der Waals surface area contributed by atoms with E-state index in [1.54, 1.807) is 20.2 Å². The molecule has 1 fully saturated rings. The van der Waals surface area contributed by atoms with Crippen LogP contribution in [0.4, 0.5) is 0 Å². The highest BCUT2D eigenvalue weighted by Crippen LogP contribution is 2.23. The molecule has 0 saturated carbocycles. The Morgan fingerprint density at radius 1 is 1.38 bits per heavy atom. The second-order valence-electron chi connectivity index (χ2n) is 5.96. The number of guanidine groups is 1. The summed E-state index contributed by atoms with van der Waals surface area (Å²) in [7, 11) is 3.37. The zero-order chi connectivity index (χ0) is 16.7. The molecule has 7 heteroatoms. The molecule has 0 spiro atoms. The predicted octanol–water partition coefficient (Wildman–Crippen LogP) is 1.90. The molecule has 1 unspecified atom stereocenters. The minimum absolute atomic E-state index is 0. The fourth-order valence-electron chi connectivity index (χ4n) is 2.62. The van der Waals surface area contributed by atoms with Crippen LogP contribution in [0.1, 0.15) is 35.7 Å². The molecule has 1 amide bonds. The van der Waals surface area contributed by atoms with Gasteiger partial charge in [-0.25, -0.2) is 0 Å². The number of aliphatic imine (C=N–C) groups is 1. The Morgan fingerprint density at radius 2 is 2.17 bits per heavy atom. The molecule has 1 aromatic rings. The van der Waals surface area contributed by atoms with Gasteiger partial charge in [0.2, 0.25) is 0 Å². The van der Waals surface area contributed by atoms with Crippen LogP contribution < -0.4 is 16.0 Å². The first kappa shape index (κ1) is 20.7. The molecule has 0 radical (unpaired) electrons. The number of halogens is 1. The molecule has 3 N–H and O–H groups in total. The van der Waals surface area contributed by atoms with E-state index in [2.05, 4.69) is 27.9 Å². The van der Waals surface area contributed by atoms with Gasteiger partial charge in [0.25, 0.3) is 5.91 Å². The second-order valence-corrected chi connectivity index (χ2v) is 5.96. The Bertz CT molecular complexity index is 571. The lowest BCUT2D eigenvalue weighted by molar-refractivity contribution is 0.0243. The van der Waals surface area contributed by atoms with Crippen LogP contribution in [0.5, 0.6) is 0 Å². The van der Waals surface area contributed by atoms with Gasteiger partial charge in [0.1, 0.15) is 0 Å². The Kier molecular flexibility index (Phi) is 8.47. The van der Waals surface area contributed by atoms with E-state index < -0.39 is 0 Å². The number of amides is 1. The van der Waals surface area contributed by atoms with Crippen molar-refractivity contribution in [2.75, 3.05) is 27.2 Å². The summed E-state index contributed by atoms with van der Waals surface area (Å²) in [6.45, 7) is 4.27. The normalized spacial score (nSPS) is 20.2. The fraction of sp³-hybridized carbons (Fsp3) is 0.529. The van der Waals surface area contributed by atoms with Gasteiger partial charge in [0, 0.05) is 39.4 Å². The summed E-state index contributed by atoms with van der Waals surface area (Å²) in [5.74, 6) is 0.646. The minimum atomic E-state index is -0.114. The van der Waals surface area contributed by atoms with E-state index in [0.717, 1.165) is 37.5 Å². The van der Waals surface area contributed by atoms with Crippen molar-refractivity contribution in [2.45, 2.75) is 31.9 Å². The lowest BCUT2D eigenvalue weighted by atomic mass is 10.0. The van der Waals surface area contributed by atoms with Gasteiger partial charge in [0.15, 0.2) is 5.96 Å². The number of rotatable bonds is 5. The molecule has 0 aliphatic carbocycles. The lowest BCUT2D eigenvalue weighted by Crippen LogP contribution is -2.45. The number of benzene rings is 1. The van der Waals surface area contributed by atoms with Gasteiger partial charge >= 0.3 is 0 Å². The van der Waals surface area contributed by atoms with E-state index in [-0.39, 0.29) is 35.5 Å². The van der Waals surface area contributed by atoms with Gasteiger partial charge in [-0.3, -0.25) is 9.79 Å². The number of carbonyl (C=O) groups excluding carboxylic acids is 1. The monoisotopic (exact) mass is 446 g/mol. The smallest absolute Gasteiger partial charge is 0.251 e. The van der Waals surface area contributed by atoms with Crippen molar-refractivity contribution in [3.63, 3.8) is 0 Å². The van der Waals surface area contributed by atoms with Crippen LogP contribution in [0.2, 0.25) is 0 Å². The standard InChI is InChI=1S/C17H26N4O2.HI/c1-17(8-5-9-23-17)12-21-16(19-3)20-11-13-6-4-7-14(10-13)15(22)18-2;/h4,6-7,10H,5,8-9,11-12H2,1-3H3,(H,18,22)(H2,19,20,21);1H. The molecule has 1 atom stereocenters. The molecule has 24 heavy (non-hydrogen) atoms. The Labute approximate surface area is 160 Å². The number of nitrogens with one attached hydrogen (secondary N) is 3. The van der Waals surface area contributed by atoms with Gasteiger partial charge in [0.05, 0.1) is 5.60 Å². The van der Waals surface area contributed by atoms with E-state index in [1.807, 2.05) is 18.2 Å². The van der Waals surface area contributed by atoms with Crippen LogP contribution in [0.15, 0.2) is 29.3 Å². The van der Waals surface area contributed by atoms with Crippen molar-refractivity contribution < 1.29 is 9.53 Å². The van der Waals surface area contributed by atoms with Gasteiger partial charge in [-0.1, -0.05) is 12.1 Å². The van der Waals surface area contributed by atoms with E-state index in [4.69, 9.17) is 4.74 Å². The molecule has 1 aliphatic heterocycles. The summed E-state index contributed by atoms with van der Waals surface area (Å²) in [5, 5.41) is 9.20. The zero-order valence-corrected chi connectivity index (χ0v) is 16.8. The largest absolute Gasteiger partial charge is 0.373 e. The summed E-state index contributed by atoms with van der Waals surface area (Å²) in [6, 6.07) is 7.54. The Morgan fingerprint density at radius 3 is 2.79 bits per heavy atom. The van der Waals surface area contributed by atoms with Gasteiger partial charge in [-0.05, 0) is 37.5 Å². The van der Waals surface area contributed by atoms with Crippen molar-refractivity contribution in [1.29, 1.82) is 0 Å². The molecule has 1 heterocycles. The van der Waals surface area contributed by atoms with E-state index >= 15 is 0 Å². The van der Waals surface area contributed by atoms with Crippen LogP contribution in [-0.4, -0.2) is 44.7 Å². The van der Waals surface area contributed by atoms with Crippen LogP contribution in [0.3, 0.4) is 0 Å². The highest BCUT2D eigenvalue weighted by molar-refractivity contribution is 14.0. The van der Waals surface area contributed by atoms with Crippen LogP contribution in [0, 0.1) is 0 Å². The molecule has 0 bridgehead atoms. The first-order chi connectivity index (χ1) is 11.1. The third-order valence-electron chi connectivity index (χ3n) is 4.03. The zero-order valence-electron chi connectivity index (χ0n) is 14.5. The first-order valence-electron chi connectivity index (χ1n) is 7.96. The maximum atomic E-state index is 11.7. The van der Waals surface area contributed by atoms with Crippen LogP contribution in [0.25, 0.3) is 0 Å². The maximum Gasteiger partial charge on any atom is 0.251 e. The highest BCUT2D eigenvalue weighted by Gasteiger charge is 2.29. The van der Waals surface area contributed by atoms with Gasteiger partial charge in [-0.15, -0.1) is 24.0 Å². The third kappa shape index (κ3) is 5.94. The lowest BCUT2D eigenvalue weighted by Gasteiger charge is -2.24. The highest BCUT2D eigenvalue weighted by atomic mass is 127. The van der Waals surface area contributed by atoms with Crippen molar-refractivity contribution in [2.24, 2.45) is 4.99 Å². The predicted molar refractivity (Wildman–Crippen MR) is 107 cm³/mol. The van der Waals surface area contributed by atoms with Gasteiger partial charge < -0.3 is 20.7 Å². The van der Waals surface area contributed by atoms with Crippen LogP contribution >= 0.6 is 24.0 Å². The number of hydrogen-bond donors (Lipinski definition) is 3. The maximum absolute atomic E-state index is 11.7.